The average Bonchev–Trinajstić information content (AvgIpc) is 3.04. The SMILES string of the molecule is Cc1c(O)cc(O)c(O)c1O.Cc1c(O)cc(O)cc1O.Cc1cc(O)c(O)cc1O.Cc1ccc(O)c(O)c1O.Cc1ccc(O)cc1O. The molecule has 0 radical (unpaired) electrons. The average molecular weight is 701 g/mol. The number of benzene rings is 5. The summed E-state index contributed by atoms with van der Waals surface area (Å²) in [4.78, 5) is 0. The second kappa shape index (κ2) is 17.9. The van der Waals surface area contributed by atoms with Gasteiger partial charge in [0, 0.05) is 41.5 Å². The Bertz CT molecular complexity index is 1790. The number of rotatable bonds is 0. The van der Waals surface area contributed by atoms with Gasteiger partial charge in [0.2, 0.25) is 11.5 Å². The van der Waals surface area contributed by atoms with Crippen LogP contribution >= 0.6 is 0 Å². The fourth-order valence-corrected chi connectivity index (χ4v) is 3.33. The molecular weight excluding hydrogens is 660 g/mol. The van der Waals surface area contributed by atoms with Gasteiger partial charge in [0.1, 0.15) is 40.2 Å². The molecule has 0 aliphatic heterocycles. The molecule has 0 bridgehead atoms. The van der Waals surface area contributed by atoms with E-state index >= 15 is 0 Å². The molecule has 0 atom stereocenters. The van der Waals surface area contributed by atoms with Gasteiger partial charge in [-0.2, -0.15) is 0 Å². The zero-order valence-electron chi connectivity index (χ0n) is 27.5. The minimum absolute atomic E-state index is 0.0182. The first kappa shape index (κ1) is 41.1. The molecule has 5 aromatic carbocycles. The highest BCUT2D eigenvalue weighted by Crippen LogP contribution is 2.41. The van der Waals surface area contributed by atoms with Crippen LogP contribution in [0.15, 0.2) is 60.7 Å². The smallest absolute Gasteiger partial charge is 0.200 e. The molecule has 0 amide bonds. The van der Waals surface area contributed by atoms with E-state index in [-0.39, 0.29) is 68.8 Å². The minimum atomic E-state index is -0.611. The Labute approximate surface area is 285 Å². The van der Waals surface area contributed by atoms with Crippen molar-refractivity contribution in [3.05, 3.63) is 88.5 Å². The van der Waals surface area contributed by atoms with Crippen LogP contribution in [0.1, 0.15) is 27.8 Å². The third-order valence-electron chi connectivity index (χ3n) is 6.63. The van der Waals surface area contributed by atoms with Gasteiger partial charge < -0.3 is 76.6 Å². The normalized spacial score (nSPS) is 9.70. The lowest BCUT2D eigenvalue weighted by molar-refractivity contribution is 0.358. The summed E-state index contributed by atoms with van der Waals surface area (Å²) in [5.41, 5.74) is 2.36. The standard InChI is InChI=1S/C7H8O4.3C7H8O3.C7H8O2/c1-3-4(8)2-5(9)7(11)6(3)10;1-4-6(9)2-5(8)3-7(4)10;1-4-2-6(9)7(10)3-5(4)8;1-4-2-3-5(8)7(10)6(4)9;1-5-2-3-6(8)4-7(5)9/h2,8-11H,1H3;3*2-3,8-10H,1H3;2-4,8-9H,1H3. The van der Waals surface area contributed by atoms with Crippen molar-refractivity contribution in [1.29, 1.82) is 0 Å². The summed E-state index contributed by atoms with van der Waals surface area (Å²) >= 11 is 0. The first-order valence-corrected chi connectivity index (χ1v) is 14.1. The lowest BCUT2D eigenvalue weighted by atomic mass is 10.2. The minimum Gasteiger partial charge on any atom is -0.508 e. The highest BCUT2D eigenvalue weighted by Gasteiger charge is 2.12. The summed E-state index contributed by atoms with van der Waals surface area (Å²) in [6, 6.07) is 13.1. The monoisotopic (exact) mass is 700 g/mol. The van der Waals surface area contributed by atoms with E-state index < -0.39 is 23.0 Å². The molecular formula is C35H40O15. The van der Waals surface area contributed by atoms with E-state index in [0.29, 0.717) is 16.7 Å². The first-order valence-electron chi connectivity index (χ1n) is 14.1. The summed E-state index contributed by atoms with van der Waals surface area (Å²) in [5, 5.41) is 133. The molecule has 0 unspecified atom stereocenters. The van der Waals surface area contributed by atoms with Crippen LogP contribution in [0, 0.1) is 34.6 Å². The van der Waals surface area contributed by atoms with E-state index in [4.69, 9.17) is 76.6 Å². The van der Waals surface area contributed by atoms with Crippen molar-refractivity contribution in [1.82, 2.24) is 0 Å². The van der Waals surface area contributed by atoms with Gasteiger partial charge in [-0.25, -0.2) is 0 Å². The molecule has 0 spiro atoms. The molecule has 0 aromatic heterocycles. The second-order valence-corrected chi connectivity index (χ2v) is 10.5. The van der Waals surface area contributed by atoms with E-state index in [1.165, 1.54) is 49.4 Å². The fraction of sp³-hybridized carbons (Fsp3) is 0.143. The Kier molecular flexibility index (Phi) is 14.7. The second-order valence-electron chi connectivity index (χ2n) is 10.5. The maximum Gasteiger partial charge on any atom is 0.200 e. The van der Waals surface area contributed by atoms with Gasteiger partial charge in [-0.3, -0.25) is 0 Å². The van der Waals surface area contributed by atoms with Crippen LogP contribution in [-0.4, -0.2) is 76.6 Å². The highest BCUT2D eigenvalue weighted by molar-refractivity contribution is 5.58. The Balaban J connectivity index is 0.000000313. The van der Waals surface area contributed by atoms with Gasteiger partial charge in [-0.05, 0) is 69.5 Å². The third-order valence-corrected chi connectivity index (χ3v) is 6.63. The van der Waals surface area contributed by atoms with Crippen LogP contribution < -0.4 is 0 Å². The fourth-order valence-electron chi connectivity index (χ4n) is 3.33. The molecule has 0 saturated heterocycles. The van der Waals surface area contributed by atoms with E-state index in [1.54, 1.807) is 33.8 Å². The van der Waals surface area contributed by atoms with Gasteiger partial charge >= 0.3 is 0 Å². The maximum absolute atomic E-state index is 9.00. The Hall–Kier alpha value is -6.90. The molecule has 15 nitrogen and oxygen atoms in total. The first-order chi connectivity index (χ1) is 23.1. The lowest BCUT2D eigenvalue weighted by Gasteiger charge is -2.05. The molecule has 0 saturated carbocycles. The summed E-state index contributed by atoms with van der Waals surface area (Å²) in [7, 11) is 0. The summed E-state index contributed by atoms with van der Waals surface area (Å²) in [6.07, 6.45) is 0. The Morgan fingerprint density at radius 2 is 0.680 bits per heavy atom. The summed E-state index contributed by atoms with van der Waals surface area (Å²) < 4.78 is 0. The van der Waals surface area contributed by atoms with E-state index in [0.717, 1.165) is 17.7 Å². The Morgan fingerprint density at radius 3 is 1.16 bits per heavy atom. The van der Waals surface area contributed by atoms with Gasteiger partial charge in [0.15, 0.2) is 34.5 Å². The molecule has 0 fully saturated rings. The van der Waals surface area contributed by atoms with Crippen LogP contribution in [0.25, 0.3) is 0 Å². The van der Waals surface area contributed by atoms with Crippen LogP contribution in [-0.2, 0) is 0 Å². The molecule has 5 aromatic rings. The van der Waals surface area contributed by atoms with Crippen LogP contribution in [0.3, 0.4) is 0 Å². The predicted octanol–water partition coefficient (Wildman–Crippen LogP) is 5.56. The van der Waals surface area contributed by atoms with Crippen LogP contribution in [0.4, 0.5) is 0 Å². The summed E-state index contributed by atoms with van der Waals surface area (Å²) in [6.45, 7) is 8.02. The molecule has 50 heavy (non-hydrogen) atoms. The Morgan fingerprint density at radius 1 is 0.260 bits per heavy atom. The zero-order valence-corrected chi connectivity index (χ0v) is 27.5. The number of aromatic hydroxyl groups is 15. The van der Waals surface area contributed by atoms with E-state index in [1.807, 2.05) is 0 Å². The van der Waals surface area contributed by atoms with Crippen molar-refractivity contribution >= 4 is 0 Å². The number of aryl methyl sites for hydroxylation is 3. The van der Waals surface area contributed by atoms with Crippen molar-refractivity contribution in [3.8, 4) is 86.2 Å². The third kappa shape index (κ3) is 11.7. The summed E-state index contributed by atoms with van der Waals surface area (Å²) in [5.74, 6) is -3.56. The largest absolute Gasteiger partial charge is 0.508 e. The molecule has 5 rings (SSSR count). The molecule has 15 N–H and O–H groups in total. The van der Waals surface area contributed by atoms with E-state index in [2.05, 4.69) is 0 Å². The van der Waals surface area contributed by atoms with Gasteiger partial charge in [-0.1, -0.05) is 12.1 Å². The molecule has 0 heterocycles. The lowest BCUT2D eigenvalue weighted by Crippen LogP contribution is -1.78. The number of hydrogen-bond donors (Lipinski definition) is 15. The van der Waals surface area contributed by atoms with Crippen molar-refractivity contribution in [2.75, 3.05) is 0 Å². The van der Waals surface area contributed by atoms with Crippen LogP contribution in [0.2, 0.25) is 0 Å². The number of phenolic OH excluding ortho intramolecular Hbond substituents is 15. The van der Waals surface area contributed by atoms with Crippen molar-refractivity contribution in [2.24, 2.45) is 0 Å². The quantitative estimate of drug-likeness (QED) is 0.0694. The topological polar surface area (TPSA) is 303 Å². The van der Waals surface area contributed by atoms with Gasteiger partial charge in [-0.15, -0.1) is 0 Å². The van der Waals surface area contributed by atoms with Crippen LogP contribution in [0.5, 0.6) is 86.2 Å². The molecule has 270 valence electrons. The van der Waals surface area contributed by atoms with Crippen molar-refractivity contribution < 1.29 is 76.6 Å². The maximum atomic E-state index is 9.00. The number of phenols is 15. The van der Waals surface area contributed by atoms with Gasteiger partial charge in [0.25, 0.3) is 0 Å². The van der Waals surface area contributed by atoms with Crippen molar-refractivity contribution in [2.45, 2.75) is 34.6 Å². The highest BCUT2D eigenvalue weighted by atomic mass is 16.3. The van der Waals surface area contributed by atoms with Crippen molar-refractivity contribution in [3.63, 3.8) is 0 Å². The van der Waals surface area contributed by atoms with Gasteiger partial charge in [0.05, 0.1) is 0 Å². The zero-order chi connectivity index (χ0) is 38.6. The molecule has 0 aliphatic rings. The molecule has 0 aliphatic carbocycles. The number of hydrogen-bond acceptors (Lipinski definition) is 15. The predicted molar refractivity (Wildman–Crippen MR) is 181 cm³/mol. The van der Waals surface area contributed by atoms with E-state index in [9.17, 15) is 0 Å². The molecule has 15 heteroatoms.